The zero-order chi connectivity index (χ0) is 19.1. The Labute approximate surface area is 155 Å². The molecular weight excluding hydrogens is 346 g/mol. The van der Waals surface area contributed by atoms with E-state index in [0.717, 1.165) is 4.90 Å². The van der Waals surface area contributed by atoms with E-state index in [-0.39, 0.29) is 18.9 Å². The Bertz CT molecular complexity index is 950. The molecule has 0 saturated heterocycles. The number of imide groups is 1. The fraction of sp³-hybridized carbons (Fsp3) is 0.200. The maximum Gasteiger partial charge on any atom is 0.262 e. The number of fused-ring (bicyclic) bond motifs is 2. The predicted molar refractivity (Wildman–Crippen MR) is 98.4 cm³/mol. The summed E-state index contributed by atoms with van der Waals surface area (Å²) in [6.07, 6.45) is 0.128. The number of hydrogen-bond acceptors (Lipinski definition) is 4. The molecular formula is C20H17N3O4. The maximum atomic E-state index is 13.1. The second kappa shape index (κ2) is 6.35. The molecule has 1 atom stereocenters. The number of hydrogen-bond donors (Lipinski definition) is 1. The minimum Gasteiger partial charge on any atom is -0.324 e. The van der Waals surface area contributed by atoms with Crippen molar-refractivity contribution in [1.29, 1.82) is 0 Å². The lowest BCUT2D eigenvalue weighted by Gasteiger charge is -2.29. The predicted octanol–water partition coefficient (Wildman–Crippen LogP) is 2.05. The molecule has 7 nitrogen and oxygen atoms in total. The Morgan fingerprint density at radius 1 is 1.00 bits per heavy atom. The van der Waals surface area contributed by atoms with Gasteiger partial charge in [-0.2, -0.15) is 0 Å². The lowest BCUT2D eigenvalue weighted by molar-refractivity contribution is -0.119. The van der Waals surface area contributed by atoms with E-state index in [0.29, 0.717) is 22.5 Å². The number of nitrogens with one attached hydrogen (secondary N) is 1. The van der Waals surface area contributed by atoms with Crippen molar-refractivity contribution in [2.24, 2.45) is 0 Å². The molecule has 0 fully saturated rings. The number of carbonyl (C=O) groups is 4. The van der Waals surface area contributed by atoms with E-state index in [1.54, 1.807) is 55.5 Å². The summed E-state index contributed by atoms with van der Waals surface area (Å²) in [6.45, 7) is 1.39. The average Bonchev–Trinajstić information content (AvgIpc) is 2.80. The Kier molecular flexibility index (Phi) is 3.99. The highest BCUT2D eigenvalue weighted by molar-refractivity contribution is 6.23. The van der Waals surface area contributed by atoms with Gasteiger partial charge in [0.2, 0.25) is 11.8 Å². The number of anilines is 2. The van der Waals surface area contributed by atoms with Gasteiger partial charge >= 0.3 is 0 Å². The number of amides is 4. The quantitative estimate of drug-likeness (QED) is 0.828. The van der Waals surface area contributed by atoms with Crippen LogP contribution in [0.1, 0.15) is 34.1 Å². The highest BCUT2D eigenvalue weighted by atomic mass is 16.2. The molecule has 1 N–H and O–H groups in total. The van der Waals surface area contributed by atoms with E-state index in [2.05, 4.69) is 5.32 Å². The smallest absolute Gasteiger partial charge is 0.262 e. The summed E-state index contributed by atoms with van der Waals surface area (Å²) in [7, 11) is 0. The first-order valence-corrected chi connectivity index (χ1v) is 8.63. The van der Waals surface area contributed by atoms with Gasteiger partial charge < -0.3 is 10.2 Å². The van der Waals surface area contributed by atoms with Gasteiger partial charge in [0.05, 0.1) is 22.5 Å². The van der Waals surface area contributed by atoms with E-state index >= 15 is 0 Å². The first-order chi connectivity index (χ1) is 13.0. The van der Waals surface area contributed by atoms with Gasteiger partial charge in [-0.3, -0.25) is 24.1 Å². The number of carbonyl (C=O) groups excluding carboxylic acids is 4. The Morgan fingerprint density at radius 3 is 2.26 bits per heavy atom. The molecule has 0 bridgehead atoms. The standard InChI is InChI=1S/C20H17N3O4/c1-12-10-17(24)21-15-8-4-5-9-16(15)23(12)18(25)11-22-19(26)13-6-2-3-7-14(13)20(22)27/h2-9,12H,10-11H2,1H3,(H,21,24). The minimum atomic E-state index is -0.478. The zero-order valence-corrected chi connectivity index (χ0v) is 14.6. The number of benzene rings is 2. The van der Waals surface area contributed by atoms with Crippen molar-refractivity contribution in [1.82, 2.24) is 4.90 Å². The molecule has 2 heterocycles. The second-order valence-electron chi connectivity index (χ2n) is 6.62. The maximum absolute atomic E-state index is 13.1. The van der Waals surface area contributed by atoms with Crippen LogP contribution in [0.2, 0.25) is 0 Å². The van der Waals surface area contributed by atoms with Gasteiger partial charge in [-0.15, -0.1) is 0 Å². The molecule has 0 radical (unpaired) electrons. The zero-order valence-electron chi connectivity index (χ0n) is 14.6. The van der Waals surface area contributed by atoms with Gasteiger partial charge in [0.1, 0.15) is 6.54 Å². The summed E-state index contributed by atoms with van der Waals surface area (Å²) < 4.78 is 0. The van der Waals surface area contributed by atoms with Crippen LogP contribution in [-0.2, 0) is 9.59 Å². The molecule has 136 valence electrons. The van der Waals surface area contributed by atoms with Gasteiger partial charge in [0.15, 0.2) is 0 Å². The second-order valence-corrected chi connectivity index (χ2v) is 6.62. The van der Waals surface area contributed by atoms with Crippen LogP contribution in [0, 0.1) is 0 Å². The molecule has 4 amide bonds. The number of rotatable bonds is 2. The lowest BCUT2D eigenvalue weighted by atomic mass is 10.1. The first kappa shape index (κ1) is 17.0. The number of nitrogens with zero attached hydrogens (tertiary/aromatic N) is 2. The van der Waals surface area contributed by atoms with Crippen LogP contribution in [0.3, 0.4) is 0 Å². The summed E-state index contributed by atoms with van der Waals surface area (Å²) in [4.78, 5) is 52.6. The molecule has 2 aliphatic heterocycles. The van der Waals surface area contributed by atoms with Crippen LogP contribution in [0.15, 0.2) is 48.5 Å². The van der Waals surface area contributed by atoms with Gasteiger partial charge in [-0.25, -0.2) is 0 Å². The van der Waals surface area contributed by atoms with Crippen LogP contribution < -0.4 is 10.2 Å². The SMILES string of the molecule is CC1CC(=O)Nc2ccccc2N1C(=O)CN1C(=O)c2ccccc2C1=O. The summed E-state index contributed by atoms with van der Waals surface area (Å²) in [5, 5.41) is 2.78. The van der Waals surface area contributed by atoms with Gasteiger partial charge in [-0.05, 0) is 31.2 Å². The van der Waals surface area contributed by atoms with Crippen LogP contribution in [0.5, 0.6) is 0 Å². The Morgan fingerprint density at radius 2 is 1.59 bits per heavy atom. The molecule has 2 aromatic carbocycles. The van der Waals surface area contributed by atoms with Gasteiger partial charge in [-0.1, -0.05) is 24.3 Å². The molecule has 0 aliphatic carbocycles. The molecule has 27 heavy (non-hydrogen) atoms. The van der Waals surface area contributed by atoms with E-state index < -0.39 is 23.8 Å². The molecule has 0 aromatic heterocycles. The molecule has 0 spiro atoms. The third kappa shape index (κ3) is 2.77. The van der Waals surface area contributed by atoms with E-state index in [1.165, 1.54) is 4.90 Å². The average molecular weight is 363 g/mol. The molecule has 7 heteroatoms. The largest absolute Gasteiger partial charge is 0.324 e. The Hall–Kier alpha value is -3.48. The summed E-state index contributed by atoms with van der Waals surface area (Å²) in [5.41, 5.74) is 1.69. The van der Waals surface area contributed by atoms with Crippen molar-refractivity contribution >= 4 is 35.0 Å². The van der Waals surface area contributed by atoms with Crippen LogP contribution in [0.25, 0.3) is 0 Å². The van der Waals surface area contributed by atoms with E-state index in [4.69, 9.17) is 0 Å². The van der Waals surface area contributed by atoms with Crippen LogP contribution in [-0.4, -0.2) is 41.1 Å². The third-order valence-electron chi connectivity index (χ3n) is 4.80. The van der Waals surface area contributed by atoms with Crippen molar-refractivity contribution < 1.29 is 19.2 Å². The topological polar surface area (TPSA) is 86.8 Å². The van der Waals surface area contributed by atoms with Crippen LogP contribution >= 0.6 is 0 Å². The molecule has 0 saturated carbocycles. The van der Waals surface area contributed by atoms with Crippen molar-refractivity contribution in [3.05, 3.63) is 59.7 Å². The van der Waals surface area contributed by atoms with Crippen LogP contribution in [0.4, 0.5) is 11.4 Å². The number of para-hydroxylation sites is 2. The third-order valence-corrected chi connectivity index (χ3v) is 4.80. The highest BCUT2D eigenvalue weighted by Gasteiger charge is 2.38. The van der Waals surface area contributed by atoms with Crippen molar-refractivity contribution in [2.45, 2.75) is 19.4 Å². The minimum absolute atomic E-state index is 0.128. The lowest BCUT2D eigenvalue weighted by Crippen LogP contribution is -2.46. The van der Waals surface area contributed by atoms with Gasteiger partial charge in [0, 0.05) is 12.5 Å². The normalized spacial score (nSPS) is 18.7. The monoisotopic (exact) mass is 363 g/mol. The molecule has 2 aliphatic rings. The van der Waals surface area contributed by atoms with E-state index in [9.17, 15) is 19.2 Å². The molecule has 2 aromatic rings. The fourth-order valence-electron chi connectivity index (χ4n) is 3.56. The van der Waals surface area contributed by atoms with E-state index in [1.807, 2.05) is 0 Å². The van der Waals surface area contributed by atoms with Crippen molar-refractivity contribution in [2.75, 3.05) is 16.8 Å². The Balaban J connectivity index is 1.65. The van der Waals surface area contributed by atoms with Gasteiger partial charge in [0.25, 0.3) is 11.8 Å². The molecule has 4 rings (SSSR count). The van der Waals surface area contributed by atoms with Crippen molar-refractivity contribution in [3.63, 3.8) is 0 Å². The summed E-state index contributed by atoms with van der Waals surface area (Å²) in [5.74, 6) is -1.56. The van der Waals surface area contributed by atoms with Crippen molar-refractivity contribution in [3.8, 4) is 0 Å². The highest BCUT2D eigenvalue weighted by Crippen LogP contribution is 2.32. The summed E-state index contributed by atoms with van der Waals surface area (Å²) in [6, 6.07) is 13.1. The first-order valence-electron chi connectivity index (χ1n) is 8.63. The fourth-order valence-corrected chi connectivity index (χ4v) is 3.56. The summed E-state index contributed by atoms with van der Waals surface area (Å²) >= 11 is 0. The molecule has 1 unspecified atom stereocenters.